The third kappa shape index (κ3) is 4.34. The fourth-order valence-electron chi connectivity index (χ4n) is 2.94. The van der Waals surface area contributed by atoms with Crippen LogP contribution in [0.4, 0.5) is 0 Å². The summed E-state index contributed by atoms with van der Waals surface area (Å²) in [5.41, 5.74) is 1.25. The molecule has 0 radical (unpaired) electrons. The molecule has 0 bridgehead atoms. The van der Waals surface area contributed by atoms with Crippen molar-refractivity contribution in [1.82, 2.24) is 0 Å². The van der Waals surface area contributed by atoms with E-state index in [1.807, 2.05) is 18.2 Å². The molecule has 3 heteroatoms. The Morgan fingerprint density at radius 1 is 1.21 bits per heavy atom. The Hall–Kier alpha value is -0.830. The Balaban J connectivity index is 1.97. The molecule has 1 aliphatic rings. The predicted molar refractivity (Wildman–Crippen MR) is 80.2 cm³/mol. The van der Waals surface area contributed by atoms with E-state index in [0.29, 0.717) is 12.4 Å². The molecule has 0 amide bonds. The number of alkyl halides is 1. The average Bonchev–Trinajstić information content (AvgIpc) is 2.48. The zero-order valence-corrected chi connectivity index (χ0v) is 12.7. The molecule has 0 N–H and O–H groups in total. The van der Waals surface area contributed by atoms with Gasteiger partial charge in [0.1, 0.15) is 6.10 Å². The van der Waals surface area contributed by atoms with E-state index in [9.17, 15) is 4.79 Å². The van der Waals surface area contributed by atoms with Crippen LogP contribution in [0.25, 0.3) is 0 Å². The molecule has 0 spiro atoms. The van der Waals surface area contributed by atoms with Gasteiger partial charge in [-0.15, -0.1) is 0 Å². The standard InChI is InChI=1S/C16H21BrO2/c17-15(13-7-3-1-4-8-13)11-16(19-12-18)14-9-5-2-6-10-14/h1,3-4,7-8,12,14-16H,2,5-6,9-11H2/t15-,16-/m1/s1. The molecule has 104 valence electrons. The van der Waals surface area contributed by atoms with Crippen LogP contribution in [0.1, 0.15) is 48.9 Å². The van der Waals surface area contributed by atoms with Crippen LogP contribution in [-0.4, -0.2) is 12.6 Å². The summed E-state index contributed by atoms with van der Waals surface area (Å²) < 4.78 is 5.36. The van der Waals surface area contributed by atoms with Crippen LogP contribution in [-0.2, 0) is 9.53 Å². The Morgan fingerprint density at radius 3 is 2.53 bits per heavy atom. The lowest BCUT2D eigenvalue weighted by molar-refractivity contribution is -0.137. The first kappa shape index (κ1) is 14.6. The van der Waals surface area contributed by atoms with Crippen LogP contribution in [0, 0.1) is 5.92 Å². The molecule has 0 aromatic heterocycles. The van der Waals surface area contributed by atoms with Gasteiger partial charge in [-0.2, -0.15) is 0 Å². The van der Waals surface area contributed by atoms with Crippen molar-refractivity contribution in [3.05, 3.63) is 35.9 Å². The molecule has 2 atom stereocenters. The largest absolute Gasteiger partial charge is 0.464 e. The van der Waals surface area contributed by atoms with Crippen LogP contribution in [0.2, 0.25) is 0 Å². The molecular formula is C16H21BrO2. The van der Waals surface area contributed by atoms with Crippen molar-refractivity contribution in [3.63, 3.8) is 0 Å². The fraction of sp³-hybridized carbons (Fsp3) is 0.562. The van der Waals surface area contributed by atoms with Gasteiger partial charge >= 0.3 is 0 Å². The highest BCUT2D eigenvalue weighted by molar-refractivity contribution is 9.09. The van der Waals surface area contributed by atoms with Gasteiger partial charge in [0.25, 0.3) is 6.47 Å². The summed E-state index contributed by atoms with van der Waals surface area (Å²) >= 11 is 3.73. The normalized spacial score (nSPS) is 19.6. The average molecular weight is 325 g/mol. The van der Waals surface area contributed by atoms with Crippen molar-refractivity contribution < 1.29 is 9.53 Å². The smallest absolute Gasteiger partial charge is 0.293 e. The van der Waals surface area contributed by atoms with Crippen LogP contribution in [0.5, 0.6) is 0 Å². The van der Waals surface area contributed by atoms with Crippen LogP contribution >= 0.6 is 15.9 Å². The number of ether oxygens (including phenoxy) is 1. The summed E-state index contributed by atoms with van der Waals surface area (Å²) in [5.74, 6) is 0.530. The number of hydrogen-bond acceptors (Lipinski definition) is 2. The molecule has 1 aromatic rings. The maximum Gasteiger partial charge on any atom is 0.293 e. The molecule has 1 saturated carbocycles. The van der Waals surface area contributed by atoms with Gasteiger partial charge < -0.3 is 4.74 Å². The van der Waals surface area contributed by atoms with Gasteiger partial charge in [0.15, 0.2) is 0 Å². The Morgan fingerprint density at radius 2 is 1.89 bits per heavy atom. The number of carbonyl (C=O) groups excluding carboxylic acids is 1. The number of carbonyl (C=O) groups is 1. The maximum absolute atomic E-state index is 10.7. The minimum Gasteiger partial charge on any atom is -0.464 e. The first-order chi connectivity index (χ1) is 9.31. The molecule has 19 heavy (non-hydrogen) atoms. The number of halogens is 1. The molecule has 2 rings (SSSR count). The number of hydrogen-bond donors (Lipinski definition) is 0. The summed E-state index contributed by atoms with van der Waals surface area (Å²) in [6, 6.07) is 10.3. The molecule has 1 fully saturated rings. The minimum atomic E-state index is 0.0439. The summed E-state index contributed by atoms with van der Waals surface area (Å²) in [7, 11) is 0. The van der Waals surface area contributed by atoms with Gasteiger partial charge in [-0.05, 0) is 24.3 Å². The quantitative estimate of drug-likeness (QED) is 0.563. The van der Waals surface area contributed by atoms with E-state index in [1.165, 1.54) is 37.7 Å². The molecule has 0 aliphatic heterocycles. The fourth-order valence-corrected chi connectivity index (χ4v) is 3.61. The zero-order chi connectivity index (χ0) is 13.5. The van der Waals surface area contributed by atoms with E-state index in [2.05, 4.69) is 28.1 Å². The third-order valence-electron chi connectivity index (χ3n) is 4.01. The van der Waals surface area contributed by atoms with Gasteiger partial charge in [-0.1, -0.05) is 65.5 Å². The monoisotopic (exact) mass is 324 g/mol. The van der Waals surface area contributed by atoms with E-state index in [-0.39, 0.29) is 10.9 Å². The number of benzene rings is 1. The highest BCUT2D eigenvalue weighted by Gasteiger charge is 2.27. The van der Waals surface area contributed by atoms with Gasteiger partial charge in [0.2, 0.25) is 0 Å². The van der Waals surface area contributed by atoms with Gasteiger partial charge in [-0.25, -0.2) is 0 Å². The molecule has 1 aliphatic carbocycles. The highest BCUT2D eigenvalue weighted by Crippen LogP contribution is 2.35. The molecule has 0 heterocycles. The molecule has 1 aromatic carbocycles. The van der Waals surface area contributed by atoms with Crippen LogP contribution in [0.3, 0.4) is 0 Å². The van der Waals surface area contributed by atoms with E-state index >= 15 is 0 Å². The Kier molecular flexibility index (Phi) is 5.90. The SMILES string of the molecule is O=CO[C@H](C[C@@H](Br)c1ccccc1)C1CCCCC1. The highest BCUT2D eigenvalue weighted by atomic mass is 79.9. The van der Waals surface area contributed by atoms with E-state index in [4.69, 9.17) is 4.74 Å². The predicted octanol–water partition coefficient (Wildman–Crippen LogP) is 4.63. The number of rotatable bonds is 6. The second kappa shape index (κ2) is 7.68. The van der Waals surface area contributed by atoms with E-state index in [0.717, 1.165) is 6.42 Å². The molecule has 2 nitrogen and oxygen atoms in total. The van der Waals surface area contributed by atoms with Crippen molar-refractivity contribution >= 4 is 22.4 Å². The summed E-state index contributed by atoms with van der Waals surface area (Å²) in [6.07, 6.45) is 7.12. The van der Waals surface area contributed by atoms with Gasteiger partial charge in [0, 0.05) is 11.2 Å². The second-order valence-corrected chi connectivity index (χ2v) is 6.39. The Bertz CT molecular complexity index is 374. The lowest BCUT2D eigenvalue weighted by Gasteiger charge is -2.30. The maximum atomic E-state index is 10.7. The first-order valence-corrected chi connectivity index (χ1v) is 8.01. The second-order valence-electron chi connectivity index (χ2n) is 5.28. The first-order valence-electron chi connectivity index (χ1n) is 7.09. The van der Waals surface area contributed by atoms with Crippen LogP contribution in [0.15, 0.2) is 30.3 Å². The van der Waals surface area contributed by atoms with Crippen LogP contribution < -0.4 is 0 Å². The lowest BCUT2D eigenvalue weighted by Crippen LogP contribution is -2.27. The van der Waals surface area contributed by atoms with Crippen molar-refractivity contribution in [3.8, 4) is 0 Å². The summed E-state index contributed by atoms with van der Waals surface area (Å²) in [4.78, 5) is 11.0. The molecule has 0 saturated heterocycles. The van der Waals surface area contributed by atoms with Gasteiger partial charge in [-0.3, -0.25) is 4.79 Å². The van der Waals surface area contributed by atoms with E-state index in [1.54, 1.807) is 0 Å². The minimum absolute atomic E-state index is 0.0439. The summed E-state index contributed by atoms with van der Waals surface area (Å²) in [5, 5.41) is 0. The Labute approximate surface area is 123 Å². The topological polar surface area (TPSA) is 26.3 Å². The van der Waals surface area contributed by atoms with Crippen molar-refractivity contribution in [2.45, 2.75) is 49.5 Å². The lowest BCUT2D eigenvalue weighted by atomic mass is 9.83. The van der Waals surface area contributed by atoms with Crippen molar-refractivity contribution in [1.29, 1.82) is 0 Å². The third-order valence-corrected chi connectivity index (χ3v) is 4.91. The van der Waals surface area contributed by atoms with Crippen molar-refractivity contribution in [2.75, 3.05) is 0 Å². The molecule has 0 unspecified atom stereocenters. The summed E-state index contributed by atoms with van der Waals surface area (Å²) in [6.45, 7) is 0.615. The molecular weight excluding hydrogens is 304 g/mol. The zero-order valence-electron chi connectivity index (χ0n) is 11.1. The van der Waals surface area contributed by atoms with Gasteiger partial charge in [0.05, 0.1) is 0 Å². The van der Waals surface area contributed by atoms with Crippen molar-refractivity contribution in [2.24, 2.45) is 5.92 Å². The van der Waals surface area contributed by atoms with E-state index < -0.39 is 0 Å².